The van der Waals surface area contributed by atoms with Crippen molar-refractivity contribution in [3.8, 4) is 0 Å². The summed E-state index contributed by atoms with van der Waals surface area (Å²) >= 11 is 0. The number of hydrogen-bond donors (Lipinski definition) is 1. The molecule has 6 heteroatoms. The molecule has 0 saturated heterocycles. The Morgan fingerprint density at radius 3 is 2.62 bits per heavy atom. The molecule has 0 unspecified atom stereocenters. The number of nitrogens with zero attached hydrogens (tertiary/aromatic N) is 5. The molecular formula is C10H16N6. The number of nitrogens with one attached hydrogen (secondary N) is 1. The molecule has 2 aromatic heterocycles. The van der Waals surface area contributed by atoms with Crippen molar-refractivity contribution in [3.05, 3.63) is 30.6 Å². The molecule has 2 heterocycles. The third-order valence-corrected chi connectivity index (χ3v) is 2.26. The second kappa shape index (κ2) is 5.41. The fraction of sp³-hybridized carbons (Fsp3) is 0.500. The predicted molar refractivity (Wildman–Crippen MR) is 59.9 cm³/mol. The molecule has 2 rings (SSSR count). The van der Waals surface area contributed by atoms with Gasteiger partial charge in [-0.2, -0.15) is 10.2 Å². The Hall–Kier alpha value is -1.69. The van der Waals surface area contributed by atoms with E-state index in [1.165, 1.54) is 5.56 Å². The van der Waals surface area contributed by atoms with Gasteiger partial charge >= 0.3 is 0 Å². The van der Waals surface area contributed by atoms with E-state index >= 15 is 0 Å². The molecule has 0 atom stereocenters. The fourth-order valence-corrected chi connectivity index (χ4v) is 1.45. The van der Waals surface area contributed by atoms with Crippen molar-refractivity contribution in [1.82, 2.24) is 29.9 Å². The minimum Gasteiger partial charge on any atom is -0.313 e. The van der Waals surface area contributed by atoms with Crippen molar-refractivity contribution in [2.24, 2.45) is 0 Å². The van der Waals surface area contributed by atoms with Crippen molar-refractivity contribution in [2.45, 2.75) is 20.0 Å². The Bertz CT molecular complexity index is 405. The number of rotatable bonds is 6. The highest BCUT2D eigenvalue weighted by Gasteiger charge is 1.94. The smallest absolute Gasteiger partial charge is 0.137 e. The van der Waals surface area contributed by atoms with Gasteiger partial charge in [-0.25, -0.2) is 4.98 Å². The second-order valence-corrected chi connectivity index (χ2v) is 3.69. The largest absolute Gasteiger partial charge is 0.313 e. The van der Waals surface area contributed by atoms with Crippen LogP contribution in [0.25, 0.3) is 0 Å². The minimum absolute atomic E-state index is 0.845. The zero-order chi connectivity index (χ0) is 11.2. The molecule has 0 bridgehead atoms. The van der Waals surface area contributed by atoms with Gasteiger partial charge in [0.15, 0.2) is 0 Å². The zero-order valence-corrected chi connectivity index (χ0v) is 9.37. The summed E-state index contributed by atoms with van der Waals surface area (Å²) in [6, 6.07) is 0. The van der Waals surface area contributed by atoms with Crippen LogP contribution in [0.2, 0.25) is 0 Å². The maximum Gasteiger partial charge on any atom is 0.137 e. The summed E-state index contributed by atoms with van der Waals surface area (Å²) in [5, 5.41) is 11.6. The summed E-state index contributed by atoms with van der Waals surface area (Å²) in [7, 11) is 0. The summed E-state index contributed by atoms with van der Waals surface area (Å²) < 4.78 is 3.75. The van der Waals surface area contributed by atoms with E-state index in [9.17, 15) is 0 Å². The average Bonchev–Trinajstić information content (AvgIpc) is 2.89. The van der Waals surface area contributed by atoms with Crippen molar-refractivity contribution in [3.63, 3.8) is 0 Å². The molecule has 0 saturated carbocycles. The molecule has 0 fully saturated rings. The zero-order valence-electron chi connectivity index (χ0n) is 9.37. The lowest BCUT2D eigenvalue weighted by Gasteiger charge is -2.04. The summed E-state index contributed by atoms with van der Waals surface area (Å²) in [4.78, 5) is 3.88. The Morgan fingerprint density at radius 2 is 2.00 bits per heavy atom. The first-order valence-corrected chi connectivity index (χ1v) is 5.37. The number of hydrogen-bond acceptors (Lipinski definition) is 4. The molecule has 0 aliphatic heterocycles. The van der Waals surface area contributed by atoms with Crippen LogP contribution in [0.4, 0.5) is 0 Å². The lowest BCUT2D eigenvalue weighted by atomic mass is 10.4. The maximum absolute atomic E-state index is 4.21. The molecule has 0 amide bonds. The van der Waals surface area contributed by atoms with Crippen LogP contribution in [0, 0.1) is 6.92 Å². The third kappa shape index (κ3) is 3.16. The Labute approximate surface area is 94.3 Å². The SMILES string of the molecule is Cc1cnn(CCNCCn2cncn2)c1. The quantitative estimate of drug-likeness (QED) is 0.700. The van der Waals surface area contributed by atoms with Crippen LogP contribution >= 0.6 is 0 Å². The van der Waals surface area contributed by atoms with Crippen LogP contribution in [-0.2, 0) is 13.1 Å². The first-order valence-electron chi connectivity index (χ1n) is 5.37. The van der Waals surface area contributed by atoms with Crippen LogP contribution < -0.4 is 5.32 Å². The molecule has 0 aliphatic rings. The summed E-state index contributed by atoms with van der Waals surface area (Å²) in [5.74, 6) is 0. The number of aromatic nitrogens is 5. The highest BCUT2D eigenvalue weighted by atomic mass is 15.3. The van der Waals surface area contributed by atoms with Gasteiger partial charge in [-0.3, -0.25) is 9.36 Å². The van der Waals surface area contributed by atoms with Crippen molar-refractivity contribution < 1.29 is 0 Å². The Balaban J connectivity index is 1.59. The minimum atomic E-state index is 0.845. The van der Waals surface area contributed by atoms with Gasteiger partial charge in [0.25, 0.3) is 0 Å². The van der Waals surface area contributed by atoms with Crippen LogP contribution in [0.3, 0.4) is 0 Å². The van der Waals surface area contributed by atoms with E-state index in [1.807, 2.05) is 28.7 Å². The third-order valence-electron chi connectivity index (χ3n) is 2.26. The first-order chi connectivity index (χ1) is 7.84. The molecule has 0 radical (unpaired) electrons. The van der Waals surface area contributed by atoms with E-state index in [-0.39, 0.29) is 0 Å². The van der Waals surface area contributed by atoms with Crippen molar-refractivity contribution in [2.75, 3.05) is 13.1 Å². The topological polar surface area (TPSA) is 60.6 Å². The van der Waals surface area contributed by atoms with E-state index in [0.717, 1.165) is 26.2 Å². The van der Waals surface area contributed by atoms with Crippen molar-refractivity contribution in [1.29, 1.82) is 0 Å². The van der Waals surface area contributed by atoms with E-state index in [4.69, 9.17) is 0 Å². The van der Waals surface area contributed by atoms with Crippen LogP contribution in [0.1, 0.15) is 5.56 Å². The highest BCUT2D eigenvalue weighted by Crippen LogP contribution is 1.92. The maximum atomic E-state index is 4.21. The fourth-order valence-electron chi connectivity index (χ4n) is 1.45. The molecule has 86 valence electrons. The van der Waals surface area contributed by atoms with Gasteiger partial charge in [0.2, 0.25) is 0 Å². The van der Waals surface area contributed by atoms with Gasteiger partial charge in [-0.05, 0) is 12.5 Å². The number of aryl methyl sites for hydroxylation is 1. The highest BCUT2D eigenvalue weighted by molar-refractivity contribution is 4.99. The molecule has 6 nitrogen and oxygen atoms in total. The van der Waals surface area contributed by atoms with Gasteiger partial charge in [0.1, 0.15) is 12.7 Å². The first kappa shape index (κ1) is 10.8. The average molecular weight is 220 g/mol. The molecule has 0 aliphatic carbocycles. The molecule has 2 aromatic rings. The van der Waals surface area contributed by atoms with Crippen LogP contribution in [-0.4, -0.2) is 37.6 Å². The van der Waals surface area contributed by atoms with E-state index in [0.29, 0.717) is 0 Å². The van der Waals surface area contributed by atoms with E-state index in [1.54, 1.807) is 12.7 Å². The van der Waals surface area contributed by atoms with Gasteiger partial charge in [0.05, 0.1) is 19.3 Å². The summed E-state index contributed by atoms with van der Waals surface area (Å²) in [6.45, 7) is 5.59. The Morgan fingerprint density at radius 1 is 1.19 bits per heavy atom. The molecule has 1 N–H and O–H groups in total. The van der Waals surface area contributed by atoms with E-state index < -0.39 is 0 Å². The van der Waals surface area contributed by atoms with Gasteiger partial charge < -0.3 is 5.32 Å². The monoisotopic (exact) mass is 220 g/mol. The molecule has 0 spiro atoms. The molecular weight excluding hydrogens is 204 g/mol. The van der Waals surface area contributed by atoms with Gasteiger partial charge in [-0.15, -0.1) is 0 Å². The summed E-state index contributed by atoms with van der Waals surface area (Å²) in [5.41, 5.74) is 1.20. The standard InChI is InChI=1S/C10H16N6/c1-10-6-13-15(7-10)4-2-11-3-5-16-9-12-8-14-16/h6-9,11H,2-5H2,1H3. The molecule has 0 aromatic carbocycles. The second-order valence-electron chi connectivity index (χ2n) is 3.69. The van der Waals surface area contributed by atoms with Crippen molar-refractivity contribution >= 4 is 0 Å². The lowest BCUT2D eigenvalue weighted by molar-refractivity contribution is 0.513. The van der Waals surface area contributed by atoms with Gasteiger partial charge in [0, 0.05) is 19.3 Å². The molecule has 16 heavy (non-hydrogen) atoms. The van der Waals surface area contributed by atoms with E-state index in [2.05, 4.69) is 20.5 Å². The van der Waals surface area contributed by atoms with Crippen LogP contribution in [0.15, 0.2) is 25.0 Å². The predicted octanol–water partition coefficient (Wildman–Crippen LogP) is 0.0728. The normalized spacial score (nSPS) is 10.8. The Kier molecular flexibility index (Phi) is 3.66. The van der Waals surface area contributed by atoms with Crippen LogP contribution in [0.5, 0.6) is 0 Å². The lowest BCUT2D eigenvalue weighted by Crippen LogP contribution is -2.24. The summed E-state index contributed by atoms with van der Waals surface area (Å²) in [6.07, 6.45) is 7.18. The van der Waals surface area contributed by atoms with Gasteiger partial charge in [-0.1, -0.05) is 0 Å².